The molecule has 0 unspecified atom stereocenters. The van der Waals surface area contributed by atoms with E-state index in [1.54, 1.807) is 30.6 Å². The van der Waals surface area contributed by atoms with Crippen LogP contribution in [0.1, 0.15) is 34.8 Å². The standard InChI is InChI=1S/C16H15FN2O/c17-14-6-1-4-12(10-14)15-7-3-9-19(15)16(20)13-5-2-8-18-11-13/h1-2,4-6,8,10-11,15H,3,7,9H2/t15-/m1/s1. The zero-order valence-electron chi connectivity index (χ0n) is 11.0. The summed E-state index contributed by atoms with van der Waals surface area (Å²) in [4.78, 5) is 18.3. The van der Waals surface area contributed by atoms with E-state index in [-0.39, 0.29) is 17.8 Å². The molecule has 1 aliphatic rings. The molecule has 20 heavy (non-hydrogen) atoms. The highest BCUT2D eigenvalue weighted by atomic mass is 19.1. The van der Waals surface area contributed by atoms with Crippen molar-refractivity contribution in [1.82, 2.24) is 9.88 Å². The largest absolute Gasteiger partial charge is 0.332 e. The summed E-state index contributed by atoms with van der Waals surface area (Å²) in [5, 5.41) is 0. The second kappa shape index (κ2) is 5.41. The summed E-state index contributed by atoms with van der Waals surface area (Å²) in [5.74, 6) is -0.298. The van der Waals surface area contributed by atoms with E-state index in [1.165, 1.54) is 12.1 Å². The van der Waals surface area contributed by atoms with Gasteiger partial charge in [-0.3, -0.25) is 9.78 Å². The van der Waals surface area contributed by atoms with Gasteiger partial charge in [0, 0.05) is 18.9 Å². The molecule has 2 heterocycles. The van der Waals surface area contributed by atoms with Gasteiger partial charge in [0.05, 0.1) is 11.6 Å². The molecule has 1 saturated heterocycles. The van der Waals surface area contributed by atoms with E-state index >= 15 is 0 Å². The number of likely N-dealkylation sites (tertiary alicyclic amines) is 1. The number of nitrogens with zero attached hydrogens (tertiary/aromatic N) is 2. The van der Waals surface area contributed by atoms with Gasteiger partial charge in [-0.15, -0.1) is 0 Å². The minimum absolute atomic E-state index is 0.0372. The number of aromatic nitrogens is 1. The number of carbonyl (C=O) groups is 1. The Bertz CT molecular complexity index is 615. The molecule has 3 rings (SSSR count). The Morgan fingerprint density at radius 2 is 2.20 bits per heavy atom. The Balaban J connectivity index is 1.88. The van der Waals surface area contributed by atoms with Gasteiger partial charge in [-0.2, -0.15) is 0 Å². The molecule has 1 aromatic carbocycles. The van der Waals surface area contributed by atoms with Crippen LogP contribution >= 0.6 is 0 Å². The minimum Gasteiger partial charge on any atom is -0.332 e. The van der Waals surface area contributed by atoms with Crippen LogP contribution in [-0.2, 0) is 0 Å². The molecular formula is C16H15FN2O. The van der Waals surface area contributed by atoms with Gasteiger partial charge in [0.25, 0.3) is 5.91 Å². The Morgan fingerprint density at radius 3 is 2.95 bits per heavy atom. The lowest BCUT2D eigenvalue weighted by Gasteiger charge is -2.25. The van der Waals surface area contributed by atoms with Crippen molar-refractivity contribution in [3.63, 3.8) is 0 Å². The van der Waals surface area contributed by atoms with Gasteiger partial charge >= 0.3 is 0 Å². The van der Waals surface area contributed by atoms with Gasteiger partial charge in [0.15, 0.2) is 0 Å². The molecule has 0 aliphatic carbocycles. The smallest absolute Gasteiger partial charge is 0.255 e. The molecule has 0 radical (unpaired) electrons. The third-order valence-electron chi connectivity index (χ3n) is 3.66. The molecule has 1 aliphatic heterocycles. The van der Waals surface area contributed by atoms with Crippen molar-refractivity contribution in [2.75, 3.05) is 6.54 Å². The SMILES string of the molecule is O=C(c1cccnc1)N1CCC[C@@H]1c1cccc(F)c1. The summed E-state index contributed by atoms with van der Waals surface area (Å²) in [6.07, 6.45) is 5.02. The van der Waals surface area contributed by atoms with Gasteiger partial charge < -0.3 is 4.90 Å². The molecule has 0 spiro atoms. The summed E-state index contributed by atoms with van der Waals surface area (Å²) < 4.78 is 13.4. The third kappa shape index (κ3) is 2.41. The van der Waals surface area contributed by atoms with Crippen LogP contribution in [0.15, 0.2) is 48.8 Å². The maximum Gasteiger partial charge on any atom is 0.255 e. The van der Waals surface area contributed by atoms with Crippen LogP contribution in [0.25, 0.3) is 0 Å². The van der Waals surface area contributed by atoms with Crippen LogP contribution in [-0.4, -0.2) is 22.3 Å². The van der Waals surface area contributed by atoms with Crippen molar-refractivity contribution < 1.29 is 9.18 Å². The number of carbonyl (C=O) groups excluding carboxylic acids is 1. The highest BCUT2D eigenvalue weighted by Gasteiger charge is 2.30. The monoisotopic (exact) mass is 270 g/mol. The molecule has 1 aromatic heterocycles. The van der Waals surface area contributed by atoms with E-state index in [2.05, 4.69) is 4.98 Å². The predicted octanol–water partition coefficient (Wildman–Crippen LogP) is 3.20. The third-order valence-corrected chi connectivity index (χ3v) is 3.66. The number of benzene rings is 1. The van der Waals surface area contributed by atoms with Crippen LogP contribution in [0.3, 0.4) is 0 Å². The van der Waals surface area contributed by atoms with E-state index < -0.39 is 0 Å². The van der Waals surface area contributed by atoms with E-state index in [9.17, 15) is 9.18 Å². The van der Waals surface area contributed by atoms with Crippen molar-refractivity contribution in [2.24, 2.45) is 0 Å². The number of rotatable bonds is 2. The van der Waals surface area contributed by atoms with Crippen molar-refractivity contribution in [3.8, 4) is 0 Å². The molecular weight excluding hydrogens is 255 g/mol. The van der Waals surface area contributed by atoms with Crippen molar-refractivity contribution in [1.29, 1.82) is 0 Å². The van der Waals surface area contributed by atoms with Crippen molar-refractivity contribution in [3.05, 3.63) is 65.7 Å². The van der Waals surface area contributed by atoms with Gasteiger partial charge in [-0.1, -0.05) is 12.1 Å². The van der Waals surface area contributed by atoms with E-state index in [0.29, 0.717) is 12.1 Å². The van der Waals surface area contributed by atoms with Gasteiger partial charge in [-0.25, -0.2) is 4.39 Å². The summed E-state index contributed by atoms with van der Waals surface area (Å²) in [5.41, 5.74) is 1.44. The second-order valence-corrected chi connectivity index (χ2v) is 4.95. The molecule has 3 nitrogen and oxygen atoms in total. The van der Waals surface area contributed by atoms with E-state index in [4.69, 9.17) is 0 Å². The molecule has 1 fully saturated rings. The van der Waals surface area contributed by atoms with Crippen LogP contribution in [0, 0.1) is 5.82 Å². The summed E-state index contributed by atoms with van der Waals surface area (Å²) in [6.45, 7) is 0.703. The Morgan fingerprint density at radius 1 is 1.30 bits per heavy atom. The first-order valence-corrected chi connectivity index (χ1v) is 6.72. The normalized spacial score (nSPS) is 18.2. The molecule has 2 aromatic rings. The first-order valence-electron chi connectivity index (χ1n) is 6.72. The number of pyridine rings is 1. The van der Waals surface area contributed by atoms with Crippen LogP contribution in [0.5, 0.6) is 0 Å². The maximum atomic E-state index is 13.4. The Hall–Kier alpha value is -2.23. The molecule has 0 saturated carbocycles. The van der Waals surface area contributed by atoms with Crippen LogP contribution in [0.4, 0.5) is 4.39 Å². The summed E-state index contributed by atoms with van der Waals surface area (Å²) in [7, 11) is 0. The summed E-state index contributed by atoms with van der Waals surface area (Å²) >= 11 is 0. The van der Waals surface area contributed by atoms with E-state index in [1.807, 2.05) is 11.0 Å². The summed E-state index contributed by atoms with van der Waals surface area (Å²) in [6, 6.07) is 9.97. The number of amides is 1. The average Bonchev–Trinajstić information content (AvgIpc) is 2.97. The Kier molecular flexibility index (Phi) is 3.46. The molecule has 1 atom stereocenters. The van der Waals surface area contributed by atoms with Crippen molar-refractivity contribution >= 4 is 5.91 Å². The van der Waals surface area contributed by atoms with Gasteiger partial charge in [0.1, 0.15) is 5.82 Å². The quantitative estimate of drug-likeness (QED) is 0.839. The van der Waals surface area contributed by atoms with Crippen LogP contribution < -0.4 is 0 Å². The lowest BCUT2D eigenvalue weighted by Crippen LogP contribution is -2.30. The Labute approximate surface area is 117 Å². The molecule has 0 N–H and O–H groups in total. The zero-order chi connectivity index (χ0) is 13.9. The fraction of sp³-hybridized carbons (Fsp3) is 0.250. The van der Waals surface area contributed by atoms with E-state index in [0.717, 1.165) is 18.4 Å². The first-order chi connectivity index (χ1) is 9.75. The topological polar surface area (TPSA) is 33.2 Å². The minimum atomic E-state index is -0.261. The number of hydrogen-bond donors (Lipinski definition) is 0. The maximum absolute atomic E-state index is 13.4. The zero-order valence-corrected chi connectivity index (χ0v) is 11.0. The highest BCUT2D eigenvalue weighted by Crippen LogP contribution is 2.33. The average molecular weight is 270 g/mol. The fourth-order valence-corrected chi connectivity index (χ4v) is 2.73. The molecule has 1 amide bonds. The number of hydrogen-bond acceptors (Lipinski definition) is 2. The number of halogens is 1. The lowest BCUT2D eigenvalue weighted by molar-refractivity contribution is 0.0735. The second-order valence-electron chi connectivity index (χ2n) is 4.95. The lowest BCUT2D eigenvalue weighted by atomic mass is 10.0. The molecule has 102 valence electrons. The predicted molar refractivity (Wildman–Crippen MR) is 73.6 cm³/mol. The fourth-order valence-electron chi connectivity index (χ4n) is 2.73. The molecule has 0 bridgehead atoms. The van der Waals surface area contributed by atoms with Crippen LogP contribution in [0.2, 0.25) is 0 Å². The van der Waals surface area contributed by atoms with Crippen molar-refractivity contribution in [2.45, 2.75) is 18.9 Å². The highest BCUT2D eigenvalue weighted by molar-refractivity contribution is 5.94. The van der Waals surface area contributed by atoms with Gasteiger partial charge in [0.2, 0.25) is 0 Å². The first kappa shape index (κ1) is 12.8. The molecule has 4 heteroatoms. The van der Waals surface area contributed by atoms with Gasteiger partial charge in [-0.05, 0) is 42.7 Å².